The number of amides is 2. The normalized spacial score (nSPS) is 23.9. The smallest absolute Gasteiger partial charge is 0.352 e. The molecule has 2 amide bonds. The molecule has 13 heteroatoms. The van der Waals surface area contributed by atoms with Crippen LogP contribution in [-0.4, -0.2) is 81.4 Å². The maximum absolute atomic E-state index is 12.8. The van der Waals surface area contributed by atoms with E-state index in [9.17, 15) is 29.1 Å². The summed E-state index contributed by atoms with van der Waals surface area (Å²) in [5, 5.41) is 20.0. The first-order valence-electron chi connectivity index (χ1n) is 8.93. The fourth-order valence-corrected chi connectivity index (χ4v) is 4.54. The molecule has 0 aromatic rings. The number of methoxy groups -OCH3 is 1. The van der Waals surface area contributed by atoms with Gasteiger partial charge in [-0.15, -0.1) is 11.8 Å². The van der Waals surface area contributed by atoms with Gasteiger partial charge in [0.25, 0.3) is 11.6 Å². The summed E-state index contributed by atoms with van der Waals surface area (Å²) >= 11 is 1.16. The number of carboxylic acid groups (broad SMARTS) is 2. The maximum Gasteiger partial charge on any atom is 0.352 e. The molecule has 2 aliphatic rings. The number of carboxylic acids is 2. The van der Waals surface area contributed by atoms with E-state index in [0.717, 1.165) is 16.7 Å². The van der Waals surface area contributed by atoms with Crippen molar-refractivity contribution >= 4 is 41.5 Å². The molecule has 0 spiro atoms. The van der Waals surface area contributed by atoms with Gasteiger partial charge in [0.1, 0.15) is 23.7 Å². The number of ether oxygens (including phenoxy) is 2. The van der Waals surface area contributed by atoms with E-state index in [1.165, 1.54) is 14.0 Å². The molecule has 0 radical (unpaired) electrons. The fourth-order valence-electron chi connectivity index (χ4n) is 3.12. The molecule has 1 fully saturated rings. The molecule has 1 saturated heterocycles. The van der Waals surface area contributed by atoms with Crippen LogP contribution in [0.1, 0.15) is 26.2 Å². The van der Waals surface area contributed by atoms with Crippen LogP contribution in [0.5, 0.6) is 0 Å². The lowest BCUT2D eigenvalue weighted by molar-refractivity contribution is -0.192. The molecule has 3 atom stereocenters. The molecule has 2 heterocycles. The molecule has 2 rings (SSSR count). The molecule has 0 bridgehead atoms. The van der Waals surface area contributed by atoms with Gasteiger partial charge in [-0.25, -0.2) is 4.79 Å². The van der Waals surface area contributed by atoms with Gasteiger partial charge in [-0.3, -0.25) is 24.1 Å². The molecule has 0 aliphatic carbocycles. The average molecular weight is 445 g/mol. The summed E-state index contributed by atoms with van der Waals surface area (Å²) in [6, 6.07) is -1.09. The number of β-lactam (4-membered cyclic amide) rings is 1. The summed E-state index contributed by atoms with van der Waals surface area (Å²) in [5.74, 6) is -4.31. The highest BCUT2D eigenvalue weighted by Crippen LogP contribution is 2.46. The highest BCUT2D eigenvalue weighted by molar-refractivity contribution is 8.00. The number of aliphatic carboxylic acids is 2. The highest BCUT2D eigenvalue weighted by atomic mass is 32.2. The lowest BCUT2D eigenvalue weighted by Crippen LogP contribution is -2.80. The van der Waals surface area contributed by atoms with Crippen molar-refractivity contribution in [3.05, 3.63) is 11.3 Å². The van der Waals surface area contributed by atoms with E-state index in [2.05, 4.69) is 5.32 Å². The zero-order valence-electron chi connectivity index (χ0n) is 16.4. The summed E-state index contributed by atoms with van der Waals surface area (Å²) < 4.78 is 10.2. The van der Waals surface area contributed by atoms with Gasteiger partial charge in [-0.2, -0.15) is 0 Å². The van der Waals surface area contributed by atoms with Crippen LogP contribution in [0.25, 0.3) is 0 Å². The van der Waals surface area contributed by atoms with Crippen molar-refractivity contribution in [2.45, 2.75) is 43.3 Å². The van der Waals surface area contributed by atoms with Crippen LogP contribution in [0.15, 0.2) is 11.3 Å². The topological polar surface area (TPSA) is 186 Å². The van der Waals surface area contributed by atoms with E-state index in [4.69, 9.17) is 20.3 Å². The summed E-state index contributed by atoms with van der Waals surface area (Å²) in [5.41, 5.74) is 3.59. The zero-order valence-corrected chi connectivity index (χ0v) is 17.2. The Labute approximate surface area is 175 Å². The summed E-state index contributed by atoms with van der Waals surface area (Å²) in [6.07, 6.45) is 0.171. The molecule has 2 aliphatic heterocycles. The molecule has 0 aromatic heterocycles. The molecule has 0 aromatic carbocycles. The van der Waals surface area contributed by atoms with Crippen LogP contribution >= 0.6 is 11.8 Å². The number of nitrogens with zero attached hydrogens (tertiary/aromatic N) is 1. The minimum Gasteiger partial charge on any atom is -0.480 e. The third-order valence-electron chi connectivity index (χ3n) is 4.65. The number of nitrogens with one attached hydrogen (secondary N) is 1. The molecule has 5 N–H and O–H groups in total. The Kier molecular flexibility index (Phi) is 7.44. The van der Waals surface area contributed by atoms with Crippen molar-refractivity contribution in [2.75, 3.05) is 19.5 Å². The molecule has 30 heavy (non-hydrogen) atoms. The molecular formula is C17H23N3O9S. The number of carbonyl (C=O) groups is 5. The number of fused-ring (bicyclic) bond motifs is 1. The van der Waals surface area contributed by atoms with Gasteiger partial charge < -0.3 is 30.7 Å². The number of hydrogen-bond acceptors (Lipinski definition) is 9. The van der Waals surface area contributed by atoms with Crippen LogP contribution in [0.2, 0.25) is 0 Å². The number of hydrogen-bond donors (Lipinski definition) is 4. The van der Waals surface area contributed by atoms with Gasteiger partial charge in [0.05, 0.1) is 0 Å². The lowest BCUT2D eigenvalue weighted by Gasteiger charge is -2.55. The van der Waals surface area contributed by atoms with E-state index >= 15 is 0 Å². The van der Waals surface area contributed by atoms with Crippen LogP contribution in [0.4, 0.5) is 0 Å². The maximum atomic E-state index is 12.8. The Morgan fingerprint density at radius 1 is 1.37 bits per heavy atom. The highest BCUT2D eigenvalue weighted by Gasteiger charge is 2.66. The Hall–Kier alpha value is -2.64. The standard InChI is InChI=1S/C17H23N3O9S/c1-8(21)29-6-9-7-30-16-17(28-2,15(27)20(16)12(9)14(25)26)19-11(22)5-3-4-10(18)13(23)24/h10,16H,3-7,18H2,1-2H3,(H,19,22)(H,23,24)(H,25,26)/t10-,16+,17-/m0/s1. The Morgan fingerprint density at radius 3 is 2.57 bits per heavy atom. The zero-order chi connectivity index (χ0) is 22.6. The minimum absolute atomic E-state index is 0.0758. The Morgan fingerprint density at radius 2 is 2.03 bits per heavy atom. The van der Waals surface area contributed by atoms with E-state index in [1.54, 1.807) is 0 Å². The van der Waals surface area contributed by atoms with Crippen LogP contribution in [0.3, 0.4) is 0 Å². The SMILES string of the molecule is CO[C@@]1(NC(=O)CCC[C@H](N)C(=O)O)C(=O)N2C(C(=O)O)=C(COC(C)=O)CS[C@@H]21. The number of thioether (sulfide) groups is 1. The first kappa shape index (κ1) is 23.6. The predicted molar refractivity (Wildman–Crippen MR) is 102 cm³/mol. The first-order chi connectivity index (χ1) is 14.0. The molecule has 0 unspecified atom stereocenters. The van der Waals surface area contributed by atoms with Gasteiger partial charge in [-0.05, 0) is 12.8 Å². The predicted octanol–water partition coefficient (Wildman–Crippen LogP) is -1.16. The van der Waals surface area contributed by atoms with Gasteiger partial charge in [0, 0.05) is 31.8 Å². The van der Waals surface area contributed by atoms with Gasteiger partial charge in [0.15, 0.2) is 0 Å². The van der Waals surface area contributed by atoms with Crippen LogP contribution in [0, 0.1) is 0 Å². The van der Waals surface area contributed by atoms with Crippen molar-refractivity contribution in [2.24, 2.45) is 5.73 Å². The third kappa shape index (κ3) is 4.57. The summed E-state index contributed by atoms with van der Waals surface area (Å²) in [6.45, 7) is 0.917. The number of carbonyl (C=O) groups excluding carboxylic acids is 3. The monoisotopic (exact) mass is 445 g/mol. The van der Waals surface area contributed by atoms with Crippen molar-refractivity contribution in [1.29, 1.82) is 0 Å². The van der Waals surface area contributed by atoms with E-state index in [0.29, 0.717) is 0 Å². The van der Waals surface area contributed by atoms with Crippen LogP contribution < -0.4 is 11.1 Å². The number of nitrogens with two attached hydrogens (primary N) is 1. The van der Waals surface area contributed by atoms with Crippen molar-refractivity contribution < 1.29 is 43.7 Å². The fraction of sp³-hybridized carbons (Fsp3) is 0.588. The van der Waals surface area contributed by atoms with Crippen molar-refractivity contribution in [3.8, 4) is 0 Å². The third-order valence-corrected chi connectivity index (χ3v) is 6.02. The number of rotatable bonds is 10. The van der Waals surface area contributed by atoms with Gasteiger partial charge in [-0.1, -0.05) is 0 Å². The molecular weight excluding hydrogens is 422 g/mol. The Bertz CT molecular complexity index is 799. The minimum atomic E-state index is -1.75. The molecule has 0 saturated carbocycles. The molecule has 166 valence electrons. The van der Waals surface area contributed by atoms with E-state index < -0.39 is 46.9 Å². The van der Waals surface area contributed by atoms with Gasteiger partial charge in [0.2, 0.25) is 5.91 Å². The second-order valence-corrected chi connectivity index (χ2v) is 7.77. The van der Waals surface area contributed by atoms with E-state index in [-0.39, 0.29) is 42.9 Å². The number of esters is 1. The lowest BCUT2D eigenvalue weighted by atomic mass is 9.97. The average Bonchev–Trinajstić information content (AvgIpc) is 2.68. The Balaban J connectivity index is 2.11. The quantitative estimate of drug-likeness (QED) is 0.181. The molecule has 12 nitrogen and oxygen atoms in total. The van der Waals surface area contributed by atoms with Crippen molar-refractivity contribution in [3.63, 3.8) is 0 Å². The van der Waals surface area contributed by atoms with E-state index in [1.807, 2.05) is 0 Å². The van der Waals surface area contributed by atoms with Gasteiger partial charge >= 0.3 is 17.9 Å². The second kappa shape index (κ2) is 9.45. The summed E-state index contributed by atoms with van der Waals surface area (Å²) in [7, 11) is 1.22. The largest absolute Gasteiger partial charge is 0.480 e. The van der Waals surface area contributed by atoms with Crippen LogP contribution in [-0.2, 0) is 33.4 Å². The first-order valence-corrected chi connectivity index (χ1v) is 9.98. The summed E-state index contributed by atoms with van der Waals surface area (Å²) in [4.78, 5) is 59.6. The van der Waals surface area contributed by atoms with Crippen molar-refractivity contribution in [1.82, 2.24) is 10.2 Å². The second-order valence-electron chi connectivity index (χ2n) is 6.70.